The molecule has 0 saturated carbocycles. The molecule has 5 nitrogen and oxygen atoms in total. The van der Waals surface area contributed by atoms with Crippen molar-refractivity contribution in [3.05, 3.63) is 11.7 Å². The quantitative estimate of drug-likeness (QED) is 0.804. The Morgan fingerprint density at radius 3 is 2.60 bits per heavy atom. The lowest BCUT2D eigenvalue weighted by molar-refractivity contribution is 0.0903. The van der Waals surface area contributed by atoms with Crippen LogP contribution in [-0.2, 0) is 4.74 Å². The molecule has 0 aliphatic rings. The smallest absolute Gasteiger partial charge is 0.231 e. The highest BCUT2D eigenvalue weighted by Gasteiger charge is 2.21. The van der Waals surface area contributed by atoms with E-state index < -0.39 is 0 Å². The van der Waals surface area contributed by atoms with Crippen molar-refractivity contribution in [1.29, 1.82) is 0 Å². The Bertz CT molecular complexity index is 278. The van der Waals surface area contributed by atoms with E-state index in [4.69, 9.17) is 15.0 Å². The zero-order valence-electron chi connectivity index (χ0n) is 9.73. The Kier molecular flexibility index (Phi) is 4.23. The van der Waals surface area contributed by atoms with Gasteiger partial charge >= 0.3 is 0 Å². The Labute approximate surface area is 90.0 Å². The van der Waals surface area contributed by atoms with Gasteiger partial charge in [-0.25, -0.2) is 0 Å². The van der Waals surface area contributed by atoms with Gasteiger partial charge in [0.05, 0.1) is 5.92 Å². The summed E-state index contributed by atoms with van der Waals surface area (Å²) < 4.78 is 10.4. The summed E-state index contributed by atoms with van der Waals surface area (Å²) in [4.78, 5) is 4.29. The highest BCUT2D eigenvalue weighted by molar-refractivity contribution is 4.97. The molecule has 0 aliphatic heterocycles. The minimum absolute atomic E-state index is 0.000853. The van der Waals surface area contributed by atoms with Gasteiger partial charge in [-0.3, -0.25) is 0 Å². The first-order valence-electron chi connectivity index (χ1n) is 5.22. The summed E-state index contributed by atoms with van der Waals surface area (Å²) in [6.07, 6.45) is 0.727. The molecule has 0 aromatic carbocycles. The minimum atomic E-state index is -0.0946. The summed E-state index contributed by atoms with van der Waals surface area (Å²) in [5.74, 6) is 1.25. The van der Waals surface area contributed by atoms with Gasteiger partial charge in [0.2, 0.25) is 11.7 Å². The van der Waals surface area contributed by atoms with Crippen molar-refractivity contribution >= 4 is 0 Å². The summed E-state index contributed by atoms with van der Waals surface area (Å²) in [5, 5.41) is 3.90. The van der Waals surface area contributed by atoms with Crippen LogP contribution in [-0.4, -0.2) is 23.3 Å². The molecule has 5 heteroatoms. The van der Waals surface area contributed by atoms with Gasteiger partial charge in [0.15, 0.2) is 0 Å². The van der Waals surface area contributed by atoms with E-state index in [1.54, 1.807) is 7.11 Å². The maximum absolute atomic E-state index is 5.76. The second-order valence-electron chi connectivity index (χ2n) is 3.77. The van der Waals surface area contributed by atoms with Crippen LogP contribution in [0.15, 0.2) is 4.52 Å². The molecule has 86 valence electrons. The lowest BCUT2D eigenvalue weighted by Crippen LogP contribution is -2.22. The molecule has 0 radical (unpaired) electrons. The first-order valence-corrected chi connectivity index (χ1v) is 5.22. The molecule has 0 spiro atoms. The van der Waals surface area contributed by atoms with E-state index in [0.29, 0.717) is 11.7 Å². The molecule has 0 saturated heterocycles. The molecule has 1 heterocycles. The molecule has 3 unspecified atom stereocenters. The average molecular weight is 213 g/mol. The number of aromatic nitrogens is 2. The normalized spacial score (nSPS) is 17.4. The van der Waals surface area contributed by atoms with E-state index in [-0.39, 0.29) is 18.1 Å². The van der Waals surface area contributed by atoms with Gasteiger partial charge in [-0.2, -0.15) is 4.98 Å². The van der Waals surface area contributed by atoms with Crippen LogP contribution in [0, 0.1) is 0 Å². The van der Waals surface area contributed by atoms with Crippen LogP contribution in [0.5, 0.6) is 0 Å². The van der Waals surface area contributed by atoms with Crippen molar-refractivity contribution in [3.8, 4) is 0 Å². The number of methoxy groups -OCH3 is 1. The Hall–Kier alpha value is -0.940. The molecular weight excluding hydrogens is 194 g/mol. The molecule has 3 atom stereocenters. The molecule has 0 amide bonds. The van der Waals surface area contributed by atoms with E-state index in [9.17, 15) is 0 Å². The number of nitrogens with zero attached hydrogens (tertiary/aromatic N) is 2. The maximum Gasteiger partial charge on any atom is 0.231 e. The third-order valence-electron chi connectivity index (χ3n) is 2.58. The number of hydrogen-bond donors (Lipinski definition) is 1. The molecule has 0 aliphatic carbocycles. The van der Waals surface area contributed by atoms with Gasteiger partial charge < -0.3 is 15.0 Å². The van der Waals surface area contributed by atoms with Gasteiger partial charge in [-0.15, -0.1) is 0 Å². The van der Waals surface area contributed by atoms with E-state index in [0.717, 1.165) is 6.42 Å². The Morgan fingerprint density at radius 1 is 1.47 bits per heavy atom. The van der Waals surface area contributed by atoms with E-state index in [1.165, 1.54) is 0 Å². The number of hydrogen-bond acceptors (Lipinski definition) is 5. The Balaban J connectivity index is 2.79. The number of ether oxygens (including phenoxy) is 1. The summed E-state index contributed by atoms with van der Waals surface area (Å²) in [7, 11) is 1.64. The lowest BCUT2D eigenvalue weighted by Gasteiger charge is -2.09. The first-order chi connectivity index (χ1) is 7.10. The van der Waals surface area contributed by atoms with Crippen molar-refractivity contribution in [3.63, 3.8) is 0 Å². The fraction of sp³-hybridized carbons (Fsp3) is 0.800. The molecule has 0 fully saturated rings. The van der Waals surface area contributed by atoms with Gasteiger partial charge in [-0.1, -0.05) is 19.0 Å². The average Bonchev–Trinajstić information content (AvgIpc) is 2.67. The fourth-order valence-electron chi connectivity index (χ4n) is 1.24. The van der Waals surface area contributed by atoms with Crippen LogP contribution >= 0.6 is 0 Å². The number of rotatable bonds is 5. The van der Waals surface area contributed by atoms with Gasteiger partial charge in [0, 0.05) is 13.2 Å². The predicted molar refractivity (Wildman–Crippen MR) is 56.4 cm³/mol. The zero-order chi connectivity index (χ0) is 11.4. The predicted octanol–water partition coefficient (Wildman–Crippen LogP) is 1.62. The first kappa shape index (κ1) is 12.1. The topological polar surface area (TPSA) is 74.2 Å². The monoisotopic (exact) mass is 213 g/mol. The maximum atomic E-state index is 5.76. The zero-order valence-corrected chi connectivity index (χ0v) is 9.73. The molecule has 15 heavy (non-hydrogen) atoms. The molecule has 1 aromatic heterocycles. The molecule has 1 rings (SSSR count). The number of nitrogens with two attached hydrogens (primary N) is 1. The van der Waals surface area contributed by atoms with E-state index in [1.807, 2.05) is 20.8 Å². The molecule has 1 aromatic rings. The van der Waals surface area contributed by atoms with Crippen LogP contribution in [0.3, 0.4) is 0 Å². The van der Waals surface area contributed by atoms with E-state index in [2.05, 4.69) is 10.1 Å². The lowest BCUT2D eigenvalue weighted by atomic mass is 10.1. The van der Waals surface area contributed by atoms with E-state index >= 15 is 0 Å². The second-order valence-corrected chi connectivity index (χ2v) is 3.77. The van der Waals surface area contributed by atoms with Crippen molar-refractivity contribution in [1.82, 2.24) is 10.1 Å². The van der Waals surface area contributed by atoms with Crippen molar-refractivity contribution in [2.75, 3.05) is 7.11 Å². The Morgan fingerprint density at radius 2 is 2.13 bits per heavy atom. The van der Waals surface area contributed by atoms with Gasteiger partial charge in [-0.05, 0) is 13.3 Å². The second kappa shape index (κ2) is 5.23. The summed E-state index contributed by atoms with van der Waals surface area (Å²) >= 11 is 0. The van der Waals surface area contributed by atoms with Crippen LogP contribution in [0.1, 0.15) is 50.9 Å². The standard InChI is InChI=1S/C10H19N3O2/c1-5-8(14-4)9-12-10(15-13-9)6(2)7(3)11/h6-8H,5,11H2,1-4H3. The largest absolute Gasteiger partial charge is 0.373 e. The van der Waals surface area contributed by atoms with Crippen LogP contribution in [0.2, 0.25) is 0 Å². The van der Waals surface area contributed by atoms with Crippen LogP contribution < -0.4 is 5.73 Å². The summed E-state index contributed by atoms with van der Waals surface area (Å²) in [5.41, 5.74) is 5.76. The SMILES string of the molecule is CCC(OC)c1noc(C(C)C(C)N)n1. The fourth-order valence-corrected chi connectivity index (χ4v) is 1.24. The highest BCUT2D eigenvalue weighted by Crippen LogP contribution is 2.21. The van der Waals surface area contributed by atoms with Gasteiger partial charge in [0.25, 0.3) is 0 Å². The summed E-state index contributed by atoms with van der Waals surface area (Å²) in [6, 6.07) is 0.000853. The molecule has 2 N–H and O–H groups in total. The van der Waals surface area contributed by atoms with Crippen molar-refractivity contribution in [2.45, 2.75) is 45.3 Å². The third kappa shape index (κ3) is 2.76. The summed E-state index contributed by atoms with van der Waals surface area (Å²) in [6.45, 7) is 5.90. The minimum Gasteiger partial charge on any atom is -0.373 e. The van der Waals surface area contributed by atoms with Crippen molar-refractivity contribution < 1.29 is 9.26 Å². The highest BCUT2D eigenvalue weighted by atomic mass is 16.5. The van der Waals surface area contributed by atoms with Crippen molar-refractivity contribution in [2.24, 2.45) is 5.73 Å². The molecule has 0 bridgehead atoms. The van der Waals surface area contributed by atoms with Crippen LogP contribution in [0.25, 0.3) is 0 Å². The third-order valence-corrected chi connectivity index (χ3v) is 2.58. The van der Waals surface area contributed by atoms with Gasteiger partial charge in [0.1, 0.15) is 6.10 Å². The van der Waals surface area contributed by atoms with Crippen LogP contribution in [0.4, 0.5) is 0 Å². The molecular formula is C10H19N3O2.